The van der Waals surface area contributed by atoms with Gasteiger partial charge in [-0.2, -0.15) is 0 Å². The van der Waals surface area contributed by atoms with Crippen LogP contribution in [0.15, 0.2) is 0 Å². The maximum Gasteiger partial charge on any atom is 0.310 e. The summed E-state index contributed by atoms with van der Waals surface area (Å²) in [5.74, 6) is -2.14. The molecule has 0 radical (unpaired) electrons. The molecule has 0 bridgehead atoms. The molecule has 2 N–H and O–H groups in total. The molecule has 10 heteroatoms. The number of hydrogen-bond donors (Lipinski definition) is 2. The molecular weight excluding hydrogens is 403 g/mol. The lowest BCUT2D eigenvalue weighted by Gasteiger charge is -1.96. The summed E-state index contributed by atoms with van der Waals surface area (Å²) in [7, 11) is 0. The molecule has 164 valence electrons. The molecule has 0 spiro atoms. The number of rotatable bonds is 5. The number of aliphatic hydroxyl groups is 1. The van der Waals surface area contributed by atoms with Crippen LogP contribution < -0.4 is 0 Å². The largest absolute Gasteiger partial charge is 0.481 e. The molecule has 0 amide bonds. The van der Waals surface area contributed by atoms with E-state index in [9.17, 15) is 14.4 Å². The maximum atomic E-state index is 10.1. The van der Waals surface area contributed by atoms with Crippen LogP contribution in [0, 0.1) is 0 Å². The van der Waals surface area contributed by atoms with Gasteiger partial charge >= 0.3 is 17.9 Å². The zero-order valence-electron chi connectivity index (χ0n) is 17.0. The highest BCUT2D eigenvalue weighted by molar-refractivity contribution is 6.40. The molecule has 0 saturated heterocycles. The molecule has 0 atom stereocenters. The molecule has 0 aromatic carbocycles. The van der Waals surface area contributed by atoms with Crippen LogP contribution in [0.4, 0.5) is 0 Å². The fourth-order valence-electron chi connectivity index (χ4n) is 0.721. The van der Waals surface area contributed by atoms with Gasteiger partial charge in [0.05, 0.1) is 11.9 Å². The van der Waals surface area contributed by atoms with Crippen molar-refractivity contribution in [3.05, 3.63) is 0 Å². The number of hydrogen-bond acceptors (Lipinski definition) is 7. The Morgan fingerprint density at radius 2 is 1.15 bits per heavy atom. The molecule has 27 heavy (non-hydrogen) atoms. The Kier molecular flexibility index (Phi) is 48.3. The van der Waals surface area contributed by atoms with Crippen molar-refractivity contribution in [2.24, 2.45) is 0 Å². The van der Waals surface area contributed by atoms with Crippen LogP contribution in [-0.2, 0) is 28.7 Å². The summed E-state index contributed by atoms with van der Waals surface area (Å²) in [5.41, 5.74) is 0. The summed E-state index contributed by atoms with van der Waals surface area (Å²) in [5, 5.41) is 15.7. The molecule has 0 saturated carbocycles. The van der Waals surface area contributed by atoms with Gasteiger partial charge in [0.15, 0.2) is 0 Å². The zero-order valence-corrected chi connectivity index (χ0v) is 18.6. The van der Waals surface area contributed by atoms with E-state index in [2.05, 4.69) is 23.3 Å². The maximum absolute atomic E-state index is 10.1. The summed E-state index contributed by atoms with van der Waals surface area (Å²) in [4.78, 5) is 38.7. The number of esters is 3. The van der Waals surface area contributed by atoms with E-state index < -0.39 is 17.9 Å². The first kappa shape index (κ1) is 36.5. The number of ether oxygens (including phenoxy) is 2. The van der Waals surface area contributed by atoms with Crippen LogP contribution in [0.1, 0.15) is 67.2 Å². The number of aliphatic hydroxyl groups excluding tert-OH is 1. The minimum Gasteiger partial charge on any atom is -0.481 e. The van der Waals surface area contributed by atoms with Crippen LogP contribution in [0.2, 0.25) is 0 Å². The molecule has 0 aromatic rings. The first-order chi connectivity index (χ1) is 12.5. The van der Waals surface area contributed by atoms with Gasteiger partial charge in [-0.05, 0) is 12.8 Å². The van der Waals surface area contributed by atoms with Gasteiger partial charge in [0.2, 0.25) is 0 Å². The number of alkyl halides is 2. The van der Waals surface area contributed by atoms with Gasteiger partial charge in [-0.3, -0.25) is 19.2 Å². The second-order valence-electron chi connectivity index (χ2n) is 4.48. The van der Waals surface area contributed by atoms with Crippen molar-refractivity contribution < 1.29 is 38.9 Å². The first-order valence-corrected chi connectivity index (χ1v) is 9.28. The SMILES string of the molecule is CC(=O)O.CC(=O)OC(C)=O.CCCCO.CCCCOC(C)=O.ClCCl. The van der Waals surface area contributed by atoms with E-state index in [4.69, 9.17) is 38.2 Å². The predicted molar refractivity (Wildman–Crippen MR) is 106 cm³/mol. The minimum atomic E-state index is -0.833. The molecule has 0 aliphatic heterocycles. The minimum absolute atomic E-state index is 0.182. The molecule has 0 rings (SSSR count). The van der Waals surface area contributed by atoms with Crippen molar-refractivity contribution in [1.82, 2.24) is 0 Å². The van der Waals surface area contributed by atoms with E-state index in [1.807, 2.05) is 0 Å². The fraction of sp³-hybridized carbons (Fsp3) is 0.765. The Labute approximate surface area is 172 Å². The molecule has 0 aromatic heterocycles. The average Bonchev–Trinajstić information content (AvgIpc) is 2.48. The standard InChI is InChI=1S/C6H12O2.C4H6O3.C4H10O.C2H4O2.CH2Cl2/c1-3-4-5-8-6(2)7;1-3(5)7-4(2)6;1-2-3-4-5;1-2(3)4;2-1-3/h3-5H2,1-2H3;1-2H3;5H,2-4H2,1H3;1H3,(H,3,4);1H2. The smallest absolute Gasteiger partial charge is 0.310 e. The number of aliphatic carboxylic acids is 1. The third-order valence-electron chi connectivity index (χ3n) is 1.60. The number of carboxylic acids is 1. The third-order valence-corrected chi connectivity index (χ3v) is 1.60. The van der Waals surface area contributed by atoms with Crippen molar-refractivity contribution >= 4 is 47.1 Å². The lowest BCUT2D eigenvalue weighted by Crippen LogP contribution is -2.03. The van der Waals surface area contributed by atoms with E-state index >= 15 is 0 Å². The molecule has 0 aliphatic carbocycles. The monoisotopic (exact) mass is 436 g/mol. The van der Waals surface area contributed by atoms with Crippen molar-refractivity contribution in [3.63, 3.8) is 0 Å². The second kappa shape index (κ2) is 35.7. The Bertz CT molecular complexity index is 332. The normalized spacial score (nSPS) is 7.74. The van der Waals surface area contributed by atoms with Gasteiger partial charge in [0.1, 0.15) is 0 Å². The van der Waals surface area contributed by atoms with Crippen LogP contribution in [-0.4, -0.2) is 52.6 Å². The highest BCUT2D eigenvalue weighted by Crippen LogP contribution is 1.86. The van der Waals surface area contributed by atoms with Crippen molar-refractivity contribution in [2.75, 3.05) is 18.6 Å². The first-order valence-electron chi connectivity index (χ1n) is 8.21. The molecule has 0 heterocycles. The van der Waals surface area contributed by atoms with Gasteiger partial charge in [0, 0.05) is 34.3 Å². The third kappa shape index (κ3) is 136. The van der Waals surface area contributed by atoms with Crippen LogP contribution in [0.5, 0.6) is 0 Å². The average molecular weight is 437 g/mol. The molecule has 0 unspecified atom stereocenters. The van der Waals surface area contributed by atoms with Crippen LogP contribution in [0.25, 0.3) is 0 Å². The van der Waals surface area contributed by atoms with E-state index in [0.717, 1.165) is 32.6 Å². The number of carbonyl (C=O) groups is 4. The Morgan fingerprint density at radius 3 is 1.26 bits per heavy atom. The Hall–Kier alpha value is -1.38. The summed E-state index contributed by atoms with van der Waals surface area (Å²) < 4.78 is 8.62. The lowest BCUT2D eigenvalue weighted by molar-refractivity contribution is -0.156. The molecule has 8 nitrogen and oxygen atoms in total. The highest BCUT2D eigenvalue weighted by Gasteiger charge is 1.93. The lowest BCUT2D eigenvalue weighted by atomic mass is 10.4. The van der Waals surface area contributed by atoms with Gasteiger partial charge in [-0.1, -0.05) is 26.7 Å². The Balaban J connectivity index is -0.0000000780. The van der Waals surface area contributed by atoms with E-state index in [-0.39, 0.29) is 11.3 Å². The number of unbranched alkanes of at least 4 members (excludes halogenated alkanes) is 2. The Morgan fingerprint density at radius 1 is 0.815 bits per heavy atom. The van der Waals surface area contributed by atoms with Gasteiger partial charge < -0.3 is 19.7 Å². The molecule has 0 aliphatic rings. The second-order valence-corrected chi connectivity index (χ2v) is 5.28. The number of carboxylic acid groups (broad SMARTS) is 1. The molecular formula is C17H34Cl2O8. The van der Waals surface area contributed by atoms with E-state index in [1.165, 1.54) is 20.8 Å². The topological polar surface area (TPSA) is 127 Å². The number of carbonyl (C=O) groups excluding carboxylic acids is 3. The van der Waals surface area contributed by atoms with Crippen molar-refractivity contribution in [2.45, 2.75) is 67.2 Å². The number of halogens is 2. The van der Waals surface area contributed by atoms with Crippen molar-refractivity contribution in [3.8, 4) is 0 Å². The van der Waals surface area contributed by atoms with Crippen LogP contribution in [0.3, 0.4) is 0 Å². The van der Waals surface area contributed by atoms with Gasteiger partial charge in [-0.15, -0.1) is 23.2 Å². The van der Waals surface area contributed by atoms with Crippen molar-refractivity contribution in [1.29, 1.82) is 0 Å². The summed E-state index contributed by atoms with van der Waals surface area (Å²) in [6, 6.07) is 0. The van der Waals surface area contributed by atoms with Gasteiger partial charge in [0.25, 0.3) is 5.97 Å². The van der Waals surface area contributed by atoms with E-state index in [1.54, 1.807) is 0 Å². The summed E-state index contributed by atoms with van der Waals surface area (Å²) in [6.45, 7) is 9.90. The highest BCUT2D eigenvalue weighted by atomic mass is 35.5. The van der Waals surface area contributed by atoms with Crippen LogP contribution >= 0.6 is 23.2 Å². The predicted octanol–water partition coefficient (Wildman–Crippen LogP) is 3.74. The zero-order chi connectivity index (χ0) is 22.7. The quantitative estimate of drug-likeness (QED) is 0.288. The molecule has 0 fully saturated rings. The summed E-state index contributed by atoms with van der Waals surface area (Å²) in [6.07, 6.45) is 4.09. The summed E-state index contributed by atoms with van der Waals surface area (Å²) >= 11 is 9.53. The van der Waals surface area contributed by atoms with Gasteiger partial charge in [-0.25, -0.2) is 0 Å². The van der Waals surface area contributed by atoms with E-state index in [0.29, 0.717) is 13.2 Å². The fourth-order valence-corrected chi connectivity index (χ4v) is 0.721.